The lowest BCUT2D eigenvalue weighted by Gasteiger charge is -1.99. The maximum Gasteiger partial charge on any atom is 0.0150 e. The second kappa shape index (κ2) is 3.44. The van der Waals surface area contributed by atoms with E-state index < -0.39 is 0 Å². The van der Waals surface area contributed by atoms with Gasteiger partial charge in [-0.05, 0) is 31.4 Å². The average Bonchev–Trinajstić information content (AvgIpc) is 2.74. The van der Waals surface area contributed by atoms with Crippen molar-refractivity contribution < 1.29 is 0 Å². The predicted octanol–water partition coefficient (Wildman–Crippen LogP) is 2.83. The standard InChI is InChI=1S/C11H13N/c1-2-5-10(4-1)7-8-11-6-3-9-12-11/h1-4,6,9,12H,5,7-8H2. The molecule has 62 valence electrons. The number of H-pyrrole nitrogens is 1. The third kappa shape index (κ3) is 1.67. The van der Waals surface area contributed by atoms with Crippen LogP contribution < -0.4 is 0 Å². The molecular weight excluding hydrogens is 146 g/mol. The lowest BCUT2D eigenvalue weighted by Crippen LogP contribution is -1.86. The van der Waals surface area contributed by atoms with E-state index in [0.717, 1.165) is 12.8 Å². The summed E-state index contributed by atoms with van der Waals surface area (Å²) in [6.07, 6.45) is 12.0. The van der Waals surface area contributed by atoms with Crippen molar-refractivity contribution in [2.45, 2.75) is 19.3 Å². The molecule has 0 saturated carbocycles. The highest BCUT2D eigenvalue weighted by molar-refractivity contribution is 5.23. The first kappa shape index (κ1) is 7.41. The van der Waals surface area contributed by atoms with Crippen LogP contribution in [0.25, 0.3) is 0 Å². The Hall–Kier alpha value is -1.24. The third-order valence-electron chi connectivity index (χ3n) is 2.23. The van der Waals surface area contributed by atoms with E-state index in [9.17, 15) is 0 Å². The fourth-order valence-corrected chi connectivity index (χ4v) is 1.50. The van der Waals surface area contributed by atoms with E-state index in [1.165, 1.54) is 12.1 Å². The number of rotatable bonds is 3. The smallest absolute Gasteiger partial charge is 0.0150 e. The van der Waals surface area contributed by atoms with Crippen molar-refractivity contribution in [1.29, 1.82) is 0 Å². The van der Waals surface area contributed by atoms with Crippen molar-refractivity contribution >= 4 is 0 Å². The summed E-state index contributed by atoms with van der Waals surface area (Å²) in [5, 5.41) is 0. The Labute approximate surface area is 72.8 Å². The zero-order valence-corrected chi connectivity index (χ0v) is 7.09. The highest BCUT2D eigenvalue weighted by Gasteiger charge is 1.99. The Morgan fingerprint density at radius 2 is 2.33 bits per heavy atom. The van der Waals surface area contributed by atoms with Crippen LogP contribution in [0.2, 0.25) is 0 Å². The van der Waals surface area contributed by atoms with E-state index in [1.54, 1.807) is 5.57 Å². The molecule has 0 unspecified atom stereocenters. The number of nitrogens with one attached hydrogen (secondary N) is 1. The minimum Gasteiger partial charge on any atom is -0.365 e. The molecule has 2 rings (SSSR count). The summed E-state index contributed by atoms with van der Waals surface area (Å²) < 4.78 is 0. The Morgan fingerprint density at radius 3 is 3.00 bits per heavy atom. The first-order chi connectivity index (χ1) is 5.95. The fourth-order valence-electron chi connectivity index (χ4n) is 1.50. The number of allylic oxidation sites excluding steroid dienone is 4. The number of hydrogen-bond donors (Lipinski definition) is 1. The number of aromatic amines is 1. The van der Waals surface area contributed by atoms with Gasteiger partial charge in [-0.2, -0.15) is 0 Å². The lowest BCUT2D eigenvalue weighted by atomic mass is 10.1. The molecule has 1 aromatic heterocycles. The molecular formula is C11H13N. The molecule has 1 heterocycles. The zero-order valence-electron chi connectivity index (χ0n) is 7.09. The van der Waals surface area contributed by atoms with E-state index in [-0.39, 0.29) is 0 Å². The molecule has 0 aromatic carbocycles. The average molecular weight is 159 g/mol. The molecule has 1 aliphatic rings. The monoisotopic (exact) mass is 159 g/mol. The molecule has 1 nitrogen and oxygen atoms in total. The molecule has 0 spiro atoms. The van der Waals surface area contributed by atoms with Gasteiger partial charge < -0.3 is 4.98 Å². The summed E-state index contributed by atoms with van der Waals surface area (Å²) in [6.45, 7) is 0. The van der Waals surface area contributed by atoms with Crippen molar-refractivity contribution in [1.82, 2.24) is 4.98 Å². The minimum absolute atomic E-state index is 1.14. The van der Waals surface area contributed by atoms with Gasteiger partial charge in [0.25, 0.3) is 0 Å². The van der Waals surface area contributed by atoms with Gasteiger partial charge in [0.05, 0.1) is 0 Å². The van der Waals surface area contributed by atoms with Gasteiger partial charge in [-0.15, -0.1) is 0 Å². The molecule has 0 bridgehead atoms. The van der Waals surface area contributed by atoms with Crippen molar-refractivity contribution in [3.05, 3.63) is 47.8 Å². The molecule has 1 heteroatoms. The van der Waals surface area contributed by atoms with Gasteiger partial charge in [-0.3, -0.25) is 0 Å². The van der Waals surface area contributed by atoms with E-state index >= 15 is 0 Å². The first-order valence-corrected chi connectivity index (χ1v) is 4.42. The quantitative estimate of drug-likeness (QED) is 0.698. The summed E-state index contributed by atoms with van der Waals surface area (Å²) in [7, 11) is 0. The summed E-state index contributed by atoms with van der Waals surface area (Å²) in [5.74, 6) is 0. The van der Waals surface area contributed by atoms with Crippen molar-refractivity contribution in [3.8, 4) is 0 Å². The summed E-state index contributed by atoms with van der Waals surface area (Å²) in [5.41, 5.74) is 2.88. The van der Waals surface area contributed by atoms with Crippen LogP contribution in [0.1, 0.15) is 18.5 Å². The van der Waals surface area contributed by atoms with Crippen LogP contribution in [0.5, 0.6) is 0 Å². The van der Waals surface area contributed by atoms with Crippen LogP contribution in [0, 0.1) is 0 Å². The van der Waals surface area contributed by atoms with E-state index in [2.05, 4.69) is 35.3 Å². The van der Waals surface area contributed by atoms with Crippen molar-refractivity contribution in [3.63, 3.8) is 0 Å². The molecule has 0 saturated heterocycles. The number of aromatic nitrogens is 1. The highest BCUT2D eigenvalue weighted by atomic mass is 14.7. The second-order valence-corrected chi connectivity index (χ2v) is 3.15. The van der Waals surface area contributed by atoms with Crippen LogP contribution >= 0.6 is 0 Å². The van der Waals surface area contributed by atoms with Gasteiger partial charge in [0.15, 0.2) is 0 Å². The van der Waals surface area contributed by atoms with E-state index in [1.807, 2.05) is 6.20 Å². The van der Waals surface area contributed by atoms with Crippen molar-refractivity contribution in [2.24, 2.45) is 0 Å². The normalized spacial score (nSPS) is 15.2. The third-order valence-corrected chi connectivity index (χ3v) is 2.23. The number of aryl methyl sites for hydroxylation is 1. The number of hydrogen-bond acceptors (Lipinski definition) is 0. The van der Waals surface area contributed by atoms with Gasteiger partial charge in [0.2, 0.25) is 0 Å². The summed E-state index contributed by atoms with van der Waals surface area (Å²) >= 11 is 0. The Kier molecular flexibility index (Phi) is 2.12. The predicted molar refractivity (Wildman–Crippen MR) is 51.0 cm³/mol. The summed E-state index contributed by atoms with van der Waals surface area (Å²) in [4.78, 5) is 3.21. The van der Waals surface area contributed by atoms with Gasteiger partial charge in [0.1, 0.15) is 0 Å². The highest BCUT2D eigenvalue weighted by Crippen LogP contribution is 2.16. The molecule has 1 aliphatic carbocycles. The maximum absolute atomic E-state index is 3.21. The van der Waals surface area contributed by atoms with Gasteiger partial charge in [-0.1, -0.05) is 23.8 Å². The molecule has 0 aliphatic heterocycles. The van der Waals surface area contributed by atoms with Crippen LogP contribution in [0.4, 0.5) is 0 Å². The zero-order chi connectivity index (χ0) is 8.23. The lowest BCUT2D eigenvalue weighted by molar-refractivity contribution is 0.893. The van der Waals surface area contributed by atoms with Gasteiger partial charge in [-0.25, -0.2) is 0 Å². The van der Waals surface area contributed by atoms with Crippen LogP contribution in [-0.4, -0.2) is 4.98 Å². The first-order valence-electron chi connectivity index (χ1n) is 4.42. The Balaban J connectivity index is 1.83. The van der Waals surface area contributed by atoms with E-state index in [4.69, 9.17) is 0 Å². The van der Waals surface area contributed by atoms with Gasteiger partial charge in [0, 0.05) is 11.9 Å². The summed E-state index contributed by atoms with van der Waals surface area (Å²) in [6, 6.07) is 4.19. The Bertz CT molecular complexity index is 291. The minimum atomic E-state index is 1.14. The Morgan fingerprint density at radius 1 is 1.33 bits per heavy atom. The SMILES string of the molecule is C1=CCC(CCc2ccc[nH]2)=C1. The molecule has 1 N–H and O–H groups in total. The van der Waals surface area contributed by atoms with Crippen LogP contribution in [-0.2, 0) is 6.42 Å². The molecule has 0 radical (unpaired) electrons. The van der Waals surface area contributed by atoms with Crippen LogP contribution in [0.15, 0.2) is 42.1 Å². The van der Waals surface area contributed by atoms with Crippen LogP contribution in [0.3, 0.4) is 0 Å². The molecule has 0 fully saturated rings. The molecule has 0 amide bonds. The maximum atomic E-state index is 3.21. The largest absolute Gasteiger partial charge is 0.365 e. The second-order valence-electron chi connectivity index (χ2n) is 3.15. The molecule has 0 atom stereocenters. The molecule has 1 aromatic rings. The fraction of sp³-hybridized carbons (Fsp3) is 0.273. The molecule has 12 heavy (non-hydrogen) atoms. The van der Waals surface area contributed by atoms with Gasteiger partial charge >= 0.3 is 0 Å². The topological polar surface area (TPSA) is 15.8 Å². The van der Waals surface area contributed by atoms with Crippen molar-refractivity contribution in [2.75, 3.05) is 0 Å². The van der Waals surface area contributed by atoms with E-state index in [0.29, 0.717) is 0 Å².